The van der Waals surface area contributed by atoms with Gasteiger partial charge < -0.3 is 5.32 Å². The van der Waals surface area contributed by atoms with Crippen LogP contribution in [-0.2, 0) is 4.79 Å². The van der Waals surface area contributed by atoms with Gasteiger partial charge in [0, 0.05) is 10.9 Å². The minimum atomic E-state index is -0.578. The molecule has 2 aromatic carbocycles. The Balaban J connectivity index is 1.39. The topological polar surface area (TPSA) is 59.8 Å². The number of nitrogens with one attached hydrogen (secondary N) is 1. The Bertz CT molecular complexity index is 1250. The number of hydrogen-bond donors (Lipinski definition) is 1. The number of anilines is 1. The van der Waals surface area contributed by atoms with E-state index in [9.17, 15) is 13.6 Å². The molecule has 5 nitrogen and oxygen atoms in total. The third-order valence-electron chi connectivity index (χ3n) is 3.81. The van der Waals surface area contributed by atoms with E-state index in [-0.39, 0.29) is 22.9 Å². The van der Waals surface area contributed by atoms with Crippen LogP contribution >= 0.6 is 46.7 Å². The van der Waals surface area contributed by atoms with Gasteiger partial charge in [-0.2, -0.15) is 0 Å². The monoisotopic (exact) mass is 478 g/mol. The molecule has 0 unspecified atom stereocenters. The second-order valence-corrected chi connectivity index (χ2v) is 9.58. The van der Waals surface area contributed by atoms with Crippen molar-refractivity contribution in [3.05, 3.63) is 69.5 Å². The van der Waals surface area contributed by atoms with Crippen LogP contribution in [0.3, 0.4) is 0 Å². The number of aromatic nitrogens is 3. The molecule has 30 heavy (non-hydrogen) atoms. The summed E-state index contributed by atoms with van der Waals surface area (Å²) in [5, 5.41) is 8.98. The predicted molar refractivity (Wildman–Crippen MR) is 119 cm³/mol. The van der Waals surface area contributed by atoms with Gasteiger partial charge in [-0.25, -0.2) is 18.4 Å². The van der Waals surface area contributed by atoms with E-state index >= 15 is 0 Å². The molecule has 0 atom stereocenters. The molecule has 0 aliphatic rings. The first-order valence-corrected chi connectivity index (χ1v) is 11.6. The number of rotatable bonds is 6. The van der Waals surface area contributed by atoms with Crippen molar-refractivity contribution in [1.29, 1.82) is 0 Å². The zero-order chi connectivity index (χ0) is 21.1. The molecule has 11 heteroatoms. The Morgan fingerprint density at radius 3 is 2.80 bits per heavy atom. The van der Waals surface area contributed by atoms with E-state index in [0.29, 0.717) is 13.4 Å². The Morgan fingerprint density at radius 2 is 2.00 bits per heavy atom. The average molecular weight is 479 g/mol. The SMILES string of the molecule is O=C(CSc1nn(-c2ccccc2)c(=S)s1)Nc1nc(-c2cc(F)ccc2F)cs1. The first-order chi connectivity index (χ1) is 14.5. The maximum absolute atomic E-state index is 13.9. The van der Waals surface area contributed by atoms with Crippen molar-refractivity contribution >= 4 is 57.7 Å². The van der Waals surface area contributed by atoms with Gasteiger partial charge in [-0.15, -0.1) is 16.4 Å². The van der Waals surface area contributed by atoms with Gasteiger partial charge in [0.1, 0.15) is 11.6 Å². The summed E-state index contributed by atoms with van der Waals surface area (Å²) in [4.78, 5) is 16.4. The van der Waals surface area contributed by atoms with Gasteiger partial charge in [-0.1, -0.05) is 41.3 Å². The van der Waals surface area contributed by atoms with Crippen LogP contribution in [0.1, 0.15) is 0 Å². The minimum Gasteiger partial charge on any atom is -0.301 e. The van der Waals surface area contributed by atoms with Gasteiger partial charge in [0.05, 0.1) is 17.1 Å². The molecule has 1 N–H and O–H groups in total. The largest absolute Gasteiger partial charge is 0.301 e. The molecule has 4 aromatic rings. The van der Waals surface area contributed by atoms with Crippen LogP contribution in [-0.4, -0.2) is 26.4 Å². The van der Waals surface area contributed by atoms with Crippen LogP contribution in [0, 0.1) is 15.6 Å². The summed E-state index contributed by atoms with van der Waals surface area (Å²) in [6.07, 6.45) is 0. The van der Waals surface area contributed by atoms with Crippen molar-refractivity contribution in [2.45, 2.75) is 4.34 Å². The van der Waals surface area contributed by atoms with Crippen molar-refractivity contribution in [2.75, 3.05) is 11.1 Å². The second-order valence-electron chi connectivity index (χ2n) is 5.88. The number of thiazole rings is 1. The summed E-state index contributed by atoms with van der Waals surface area (Å²) in [6.45, 7) is 0. The highest BCUT2D eigenvalue weighted by Gasteiger charge is 2.14. The normalized spacial score (nSPS) is 10.9. The summed E-state index contributed by atoms with van der Waals surface area (Å²) in [7, 11) is 0. The van der Waals surface area contributed by atoms with Crippen molar-refractivity contribution in [3.63, 3.8) is 0 Å². The molecule has 0 radical (unpaired) electrons. The van der Waals surface area contributed by atoms with E-state index in [4.69, 9.17) is 12.2 Å². The van der Waals surface area contributed by atoms with E-state index in [2.05, 4.69) is 15.4 Å². The van der Waals surface area contributed by atoms with Crippen LogP contribution in [0.25, 0.3) is 16.9 Å². The fourth-order valence-electron chi connectivity index (χ4n) is 2.48. The van der Waals surface area contributed by atoms with Crippen molar-refractivity contribution in [3.8, 4) is 16.9 Å². The first-order valence-electron chi connectivity index (χ1n) is 8.49. The maximum atomic E-state index is 13.9. The van der Waals surface area contributed by atoms with Gasteiger partial charge in [0.15, 0.2) is 13.4 Å². The summed E-state index contributed by atoms with van der Waals surface area (Å²) in [5.41, 5.74) is 1.17. The number of nitrogens with zero attached hydrogens (tertiary/aromatic N) is 3. The molecule has 4 rings (SSSR count). The number of carbonyl (C=O) groups excluding carboxylic acids is 1. The Morgan fingerprint density at radius 1 is 1.20 bits per heavy atom. The summed E-state index contributed by atoms with van der Waals surface area (Å²) < 4.78 is 30.2. The molecule has 0 spiro atoms. The zero-order valence-electron chi connectivity index (χ0n) is 15.0. The highest BCUT2D eigenvalue weighted by atomic mass is 32.2. The van der Waals surface area contributed by atoms with Crippen LogP contribution in [0.2, 0.25) is 0 Å². The van der Waals surface area contributed by atoms with Gasteiger partial charge >= 0.3 is 0 Å². The lowest BCUT2D eigenvalue weighted by atomic mass is 10.1. The van der Waals surface area contributed by atoms with Crippen LogP contribution < -0.4 is 5.32 Å². The molecule has 2 aromatic heterocycles. The standard InChI is InChI=1S/C19H12F2N4OS4/c20-11-6-7-14(21)13(8-11)15-9-28-17(22-15)23-16(26)10-29-18-24-25(19(27)30-18)12-4-2-1-3-5-12/h1-9H,10H2,(H,22,23,26). The third kappa shape index (κ3) is 4.81. The molecule has 0 aliphatic carbocycles. The maximum Gasteiger partial charge on any atom is 0.236 e. The molecule has 0 saturated carbocycles. The molecule has 1 amide bonds. The van der Waals surface area contributed by atoms with Gasteiger partial charge in [-0.3, -0.25) is 4.79 Å². The van der Waals surface area contributed by atoms with Gasteiger partial charge in [-0.05, 0) is 42.5 Å². The van der Waals surface area contributed by atoms with E-state index in [1.807, 2.05) is 30.3 Å². The molecular weight excluding hydrogens is 467 g/mol. The molecule has 0 fully saturated rings. The van der Waals surface area contributed by atoms with Crippen molar-refractivity contribution in [1.82, 2.24) is 14.8 Å². The fraction of sp³-hybridized carbons (Fsp3) is 0.0526. The van der Waals surface area contributed by atoms with Crippen molar-refractivity contribution in [2.24, 2.45) is 0 Å². The van der Waals surface area contributed by atoms with Crippen LogP contribution in [0.15, 0.2) is 58.3 Å². The lowest BCUT2D eigenvalue weighted by Crippen LogP contribution is -2.13. The van der Waals surface area contributed by atoms with Gasteiger partial charge in [0.2, 0.25) is 5.91 Å². The number of para-hydroxylation sites is 1. The first kappa shape index (κ1) is 20.8. The Labute approximate surface area is 187 Å². The van der Waals surface area contributed by atoms with Crippen molar-refractivity contribution < 1.29 is 13.6 Å². The number of benzene rings is 2. The van der Waals surface area contributed by atoms with E-state index in [1.54, 1.807) is 10.1 Å². The van der Waals surface area contributed by atoms with Crippen LogP contribution in [0.5, 0.6) is 0 Å². The second kappa shape index (κ2) is 9.13. The third-order valence-corrected chi connectivity index (χ3v) is 6.93. The number of amides is 1. The summed E-state index contributed by atoms with van der Waals surface area (Å²) in [6, 6.07) is 12.7. The summed E-state index contributed by atoms with van der Waals surface area (Å²) in [5.74, 6) is -1.31. The molecule has 152 valence electrons. The number of carbonyl (C=O) groups is 1. The number of halogens is 2. The lowest BCUT2D eigenvalue weighted by molar-refractivity contribution is -0.113. The smallest absolute Gasteiger partial charge is 0.236 e. The quantitative estimate of drug-likeness (QED) is 0.281. The molecule has 0 aliphatic heterocycles. The molecular formula is C19H12F2N4OS4. The highest BCUT2D eigenvalue weighted by Crippen LogP contribution is 2.28. The molecule has 0 bridgehead atoms. The number of thioether (sulfide) groups is 1. The molecule has 2 heterocycles. The number of hydrogen-bond acceptors (Lipinski definition) is 7. The van der Waals surface area contributed by atoms with E-state index in [1.165, 1.54) is 23.1 Å². The predicted octanol–water partition coefficient (Wildman–Crippen LogP) is 5.80. The van der Waals surface area contributed by atoms with E-state index in [0.717, 1.165) is 35.2 Å². The van der Waals surface area contributed by atoms with E-state index < -0.39 is 11.6 Å². The molecule has 0 saturated heterocycles. The zero-order valence-corrected chi connectivity index (χ0v) is 18.3. The summed E-state index contributed by atoms with van der Waals surface area (Å²) >= 11 is 9.07. The minimum absolute atomic E-state index is 0.0485. The fourth-order valence-corrected chi connectivity index (χ4v) is 5.37. The van der Waals surface area contributed by atoms with Crippen LogP contribution in [0.4, 0.5) is 13.9 Å². The average Bonchev–Trinajstić information content (AvgIpc) is 3.35. The Hall–Kier alpha value is -2.47. The highest BCUT2D eigenvalue weighted by molar-refractivity contribution is 8.01. The Kier molecular flexibility index (Phi) is 6.32. The van der Waals surface area contributed by atoms with Gasteiger partial charge in [0.25, 0.3) is 0 Å². The lowest BCUT2D eigenvalue weighted by Gasteiger charge is -2.01.